The molecule has 94 valence electrons. The van der Waals surface area contributed by atoms with E-state index in [9.17, 15) is 4.39 Å². The van der Waals surface area contributed by atoms with Gasteiger partial charge in [-0.05, 0) is 51.8 Å². The van der Waals surface area contributed by atoms with E-state index in [1.165, 1.54) is 6.07 Å². The van der Waals surface area contributed by atoms with Gasteiger partial charge in [-0.15, -0.1) is 11.8 Å². The Labute approximate surface area is 128 Å². The van der Waals surface area contributed by atoms with Gasteiger partial charge in [0.1, 0.15) is 5.82 Å². The molecular weight excluding hydrogens is 358 g/mol. The van der Waals surface area contributed by atoms with Gasteiger partial charge >= 0.3 is 0 Å². The number of hydrogen-bond acceptors (Lipinski definition) is 1. The fourth-order valence-electron chi connectivity index (χ4n) is 1.36. The van der Waals surface area contributed by atoms with Crippen LogP contribution < -0.4 is 0 Å². The summed E-state index contributed by atoms with van der Waals surface area (Å²) in [5.74, 6) is 0.495. The number of thioether (sulfide) groups is 1. The van der Waals surface area contributed by atoms with Crippen molar-refractivity contribution in [3.8, 4) is 0 Å². The zero-order valence-corrected chi connectivity index (χ0v) is 13.0. The first-order valence-electron chi connectivity index (χ1n) is 5.08. The minimum atomic E-state index is -0.252. The van der Waals surface area contributed by atoms with Crippen LogP contribution in [-0.4, -0.2) is 0 Å². The minimum absolute atomic E-state index is 0.252. The van der Waals surface area contributed by atoms with Crippen LogP contribution in [0.15, 0.2) is 45.8 Å². The Bertz CT molecular complexity index is 523. The molecule has 0 bridgehead atoms. The third-order valence-corrected chi connectivity index (χ3v) is 4.69. The monoisotopic (exact) mass is 364 g/mol. The summed E-state index contributed by atoms with van der Waals surface area (Å²) >= 11 is 16.6. The predicted octanol–water partition coefficient (Wildman–Crippen LogP) is 6.19. The van der Waals surface area contributed by atoms with Crippen LogP contribution >= 0.6 is 50.9 Å². The van der Waals surface area contributed by atoms with E-state index in [1.807, 2.05) is 12.1 Å². The summed E-state index contributed by atoms with van der Waals surface area (Å²) in [5, 5.41) is 1.09. The van der Waals surface area contributed by atoms with Gasteiger partial charge in [0.05, 0.1) is 14.5 Å². The molecule has 18 heavy (non-hydrogen) atoms. The first-order chi connectivity index (χ1) is 8.56. The second kappa shape index (κ2) is 6.29. The summed E-state index contributed by atoms with van der Waals surface area (Å²) < 4.78 is 13.6. The molecule has 0 saturated carbocycles. The lowest BCUT2D eigenvalue weighted by Crippen LogP contribution is -1.84. The maximum Gasteiger partial charge on any atom is 0.137 e. The fraction of sp³-hybridized carbons (Fsp3) is 0.0769. The SMILES string of the molecule is Fc1ccc(CSc2ccc(Cl)c(Cl)c2)cc1Br. The van der Waals surface area contributed by atoms with Gasteiger partial charge in [-0.25, -0.2) is 4.39 Å². The molecule has 0 radical (unpaired) electrons. The molecule has 0 fully saturated rings. The maximum absolute atomic E-state index is 13.1. The quantitative estimate of drug-likeness (QED) is 0.584. The molecule has 0 N–H and O–H groups in total. The van der Waals surface area contributed by atoms with Crippen molar-refractivity contribution in [1.29, 1.82) is 0 Å². The lowest BCUT2D eigenvalue weighted by Gasteiger charge is -2.04. The number of benzene rings is 2. The average Bonchev–Trinajstić information content (AvgIpc) is 2.35. The lowest BCUT2D eigenvalue weighted by atomic mass is 10.2. The third kappa shape index (κ3) is 3.64. The lowest BCUT2D eigenvalue weighted by molar-refractivity contribution is 0.620. The predicted molar refractivity (Wildman–Crippen MR) is 80.1 cm³/mol. The van der Waals surface area contributed by atoms with Gasteiger partial charge in [0.2, 0.25) is 0 Å². The van der Waals surface area contributed by atoms with Gasteiger partial charge in [-0.3, -0.25) is 0 Å². The Hall–Kier alpha value is -0.220. The summed E-state index contributed by atoms with van der Waals surface area (Å²) in [5.41, 5.74) is 1.04. The van der Waals surface area contributed by atoms with Crippen LogP contribution in [0.25, 0.3) is 0 Å². The highest BCUT2D eigenvalue weighted by molar-refractivity contribution is 9.10. The standard InChI is InChI=1S/C13H8BrCl2FS/c14-10-5-8(1-4-13(10)17)7-18-9-2-3-11(15)12(16)6-9/h1-6H,7H2. The minimum Gasteiger partial charge on any atom is -0.206 e. The van der Waals surface area contributed by atoms with Gasteiger partial charge in [0.25, 0.3) is 0 Å². The smallest absolute Gasteiger partial charge is 0.137 e. The van der Waals surface area contributed by atoms with Crippen LogP contribution in [0.4, 0.5) is 4.39 Å². The van der Waals surface area contributed by atoms with Gasteiger partial charge in [0.15, 0.2) is 0 Å². The van der Waals surface area contributed by atoms with E-state index in [-0.39, 0.29) is 5.82 Å². The summed E-state index contributed by atoms with van der Waals surface area (Å²) in [6.45, 7) is 0. The fourth-order valence-corrected chi connectivity index (χ4v) is 3.03. The average molecular weight is 366 g/mol. The molecule has 0 saturated heterocycles. The second-order valence-corrected chi connectivity index (χ2v) is 6.33. The molecule has 2 aromatic rings. The van der Waals surface area contributed by atoms with Crippen LogP contribution in [0.1, 0.15) is 5.56 Å². The number of halogens is 4. The van der Waals surface area contributed by atoms with Gasteiger partial charge < -0.3 is 0 Å². The van der Waals surface area contributed by atoms with E-state index in [2.05, 4.69) is 15.9 Å². The maximum atomic E-state index is 13.1. The largest absolute Gasteiger partial charge is 0.206 e. The molecule has 0 nitrogen and oxygen atoms in total. The van der Waals surface area contributed by atoms with Crippen LogP contribution in [-0.2, 0) is 5.75 Å². The summed E-state index contributed by atoms with van der Waals surface area (Å²) in [7, 11) is 0. The van der Waals surface area contributed by atoms with E-state index >= 15 is 0 Å². The molecule has 0 aliphatic carbocycles. The Balaban J connectivity index is 2.06. The Morgan fingerprint density at radius 1 is 1.06 bits per heavy atom. The molecule has 0 aliphatic heterocycles. The van der Waals surface area contributed by atoms with Crippen molar-refractivity contribution < 1.29 is 4.39 Å². The Morgan fingerprint density at radius 2 is 1.83 bits per heavy atom. The second-order valence-electron chi connectivity index (χ2n) is 3.61. The van der Waals surface area contributed by atoms with E-state index in [1.54, 1.807) is 30.0 Å². The highest BCUT2D eigenvalue weighted by atomic mass is 79.9. The van der Waals surface area contributed by atoms with Crippen LogP contribution in [0, 0.1) is 5.82 Å². The molecule has 0 amide bonds. The molecule has 2 aromatic carbocycles. The molecular formula is C13H8BrCl2FS. The molecule has 5 heteroatoms. The normalized spacial score (nSPS) is 10.7. The summed E-state index contributed by atoms with van der Waals surface area (Å²) in [4.78, 5) is 1.03. The molecule has 0 atom stereocenters. The highest BCUT2D eigenvalue weighted by Gasteiger charge is 2.03. The van der Waals surface area contributed by atoms with Gasteiger partial charge in [-0.1, -0.05) is 29.3 Å². The van der Waals surface area contributed by atoms with E-state index in [4.69, 9.17) is 23.2 Å². The molecule has 0 aliphatic rings. The Kier molecular flexibility index (Phi) is 4.96. The van der Waals surface area contributed by atoms with Crippen LogP contribution in [0.2, 0.25) is 10.0 Å². The van der Waals surface area contributed by atoms with Gasteiger partial charge in [-0.2, -0.15) is 0 Å². The number of hydrogen-bond donors (Lipinski definition) is 0. The molecule has 0 unspecified atom stereocenters. The highest BCUT2D eigenvalue weighted by Crippen LogP contribution is 2.30. The van der Waals surface area contributed by atoms with Gasteiger partial charge in [0, 0.05) is 10.6 Å². The molecule has 0 heterocycles. The van der Waals surface area contributed by atoms with E-state index < -0.39 is 0 Å². The van der Waals surface area contributed by atoms with Crippen molar-refractivity contribution in [3.05, 3.63) is 62.3 Å². The van der Waals surface area contributed by atoms with Crippen molar-refractivity contribution in [2.24, 2.45) is 0 Å². The Morgan fingerprint density at radius 3 is 2.50 bits per heavy atom. The summed E-state index contributed by atoms with van der Waals surface area (Å²) in [6, 6.07) is 10.5. The van der Waals surface area contributed by atoms with E-state index in [0.717, 1.165) is 16.2 Å². The zero-order valence-electron chi connectivity index (χ0n) is 9.09. The van der Waals surface area contributed by atoms with Crippen molar-refractivity contribution >= 4 is 50.9 Å². The molecule has 2 rings (SSSR count). The van der Waals surface area contributed by atoms with Crippen molar-refractivity contribution in [1.82, 2.24) is 0 Å². The van der Waals surface area contributed by atoms with Crippen molar-refractivity contribution in [2.45, 2.75) is 10.6 Å². The number of rotatable bonds is 3. The summed E-state index contributed by atoms with van der Waals surface area (Å²) in [6.07, 6.45) is 0. The van der Waals surface area contributed by atoms with Crippen LogP contribution in [0.3, 0.4) is 0 Å². The topological polar surface area (TPSA) is 0 Å². The third-order valence-electron chi connectivity index (χ3n) is 2.28. The zero-order chi connectivity index (χ0) is 13.1. The van der Waals surface area contributed by atoms with Crippen molar-refractivity contribution in [2.75, 3.05) is 0 Å². The first kappa shape index (κ1) is 14.2. The van der Waals surface area contributed by atoms with Crippen LogP contribution in [0.5, 0.6) is 0 Å². The molecule has 0 spiro atoms. The first-order valence-corrected chi connectivity index (χ1v) is 7.61. The molecule has 0 aromatic heterocycles. The van der Waals surface area contributed by atoms with E-state index in [0.29, 0.717) is 14.5 Å². The van der Waals surface area contributed by atoms with Crippen molar-refractivity contribution in [3.63, 3.8) is 0 Å².